The average molecular weight is 277 g/mol. The van der Waals surface area contributed by atoms with Crippen molar-refractivity contribution in [3.8, 4) is 11.5 Å². The van der Waals surface area contributed by atoms with Gasteiger partial charge in [0.2, 0.25) is 0 Å². The quantitative estimate of drug-likeness (QED) is 0.880. The summed E-state index contributed by atoms with van der Waals surface area (Å²) in [6, 6.07) is 7.93. The summed E-state index contributed by atoms with van der Waals surface area (Å²) < 4.78 is 10.5. The molecule has 0 bridgehead atoms. The number of ether oxygens (including phenoxy) is 2. The minimum atomic E-state index is -0.0103. The van der Waals surface area contributed by atoms with Crippen LogP contribution in [0.5, 0.6) is 11.5 Å². The second-order valence-electron chi connectivity index (χ2n) is 4.42. The fraction of sp³-hybridized carbons (Fsp3) is 0.333. The number of aryl methyl sites for hydroxylation is 1. The summed E-state index contributed by atoms with van der Waals surface area (Å²) in [7, 11) is 3.30. The highest BCUT2D eigenvalue weighted by molar-refractivity contribution is 7.07. The number of hydrogen-bond acceptors (Lipinski definition) is 4. The van der Waals surface area contributed by atoms with Crippen molar-refractivity contribution in [1.29, 1.82) is 0 Å². The molecule has 102 valence electrons. The fourth-order valence-corrected chi connectivity index (χ4v) is 2.67. The summed E-state index contributed by atoms with van der Waals surface area (Å²) in [6.45, 7) is 0. The van der Waals surface area contributed by atoms with Gasteiger partial charge < -0.3 is 15.2 Å². The van der Waals surface area contributed by atoms with Crippen LogP contribution >= 0.6 is 11.3 Å². The largest absolute Gasteiger partial charge is 0.497 e. The number of benzene rings is 1. The van der Waals surface area contributed by atoms with Crippen LogP contribution in [0.1, 0.15) is 23.6 Å². The fourth-order valence-electron chi connectivity index (χ4n) is 1.97. The Bertz CT molecular complexity index is 489. The first kappa shape index (κ1) is 13.9. The van der Waals surface area contributed by atoms with Crippen LogP contribution in [-0.2, 0) is 6.42 Å². The van der Waals surface area contributed by atoms with E-state index in [1.807, 2.05) is 18.2 Å². The maximum absolute atomic E-state index is 6.25. The number of thiophene rings is 1. The Morgan fingerprint density at radius 3 is 2.37 bits per heavy atom. The number of methoxy groups -OCH3 is 2. The summed E-state index contributed by atoms with van der Waals surface area (Å²) >= 11 is 1.72. The van der Waals surface area contributed by atoms with Gasteiger partial charge in [0.25, 0.3) is 0 Å². The van der Waals surface area contributed by atoms with Gasteiger partial charge in [-0.3, -0.25) is 0 Å². The Kier molecular flexibility index (Phi) is 4.82. The Balaban J connectivity index is 2.07. The smallest absolute Gasteiger partial charge is 0.122 e. The molecule has 1 aromatic heterocycles. The molecule has 0 aliphatic rings. The zero-order valence-corrected chi connectivity index (χ0v) is 12.1. The second-order valence-corrected chi connectivity index (χ2v) is 5.20. The molecule has 0 spiro atoms. The summed E-state index contributed by atoms with van der Waals surface area (Å²) in [6.07, 6.45) is 1.90. The summed E-state index contributed by atoms with van der Waals surface area (Å²) in [4.78, 5) is 0. The van der Waals surface area contributed by atoms with Crippen LogP contribution in [0.3, 0.4) is 0 Å². The SMILES string of the molecule is COc1cc(OC)cc(C(N)CCc2ccsc2)c1. The minimum Gasteiger partial charge on any atom is -0.497 e. The monoisotopic (exact) mass is 277 g/mol. The van der Waals surface area contributed by atoms with Crippen LogP contribution in [0.4, 0.5) is 0 Å². The van der Waals surface area contributed by atoms with Crippen molar-refractivity contribution in [3.05, 3.63) is 46.2 Å². The molecule has 0 radical (unpaired) electrons. The standard InChI is InChI=1S/C15H19NO2S/c1-17-13-7-12(8-14(9-13)18-2)15(16)4-3-11-5-6-19-10-11/h5-10,15H,3-4,16H2,1-2H3. The first-order chi connectivity index (χ1) is 9.22. The van der Waals surface area contributed by atoms with Gasteiger partial charge in [-0.25, -0.2) is 0 Å². The molecule has 0 aliphatic carbocycles. The molecule has 1 unspecified atom stereocenters. The lowest BCUT2D eigenvalue weighted by Crippen LogP contribution is -2.11. The molecular formula is C15H19NO2S. The molecule has 19 heavy (non-hydrogen) atoms. The average Bonchev–Trinajstić information content (AvgIpc) is 2.97. The van der Waals surface area contributed by atoms with Gasteiger partial charge in [-0.15, -0.1) is 0 Å². The van der Waals surface area contributed by atoms with Crippen molar-refractivity contribution >= 4 is 11.3 Å². The summed E-state index contributed by atoms with van der Waals surface area (Å²) in [5, 5.41) is 4.26. The van der Waals surface area contributed by atoms with E-state index < -0.39 is 0 Å². The molecule has 1 atom stereocenters. The van der Waals surface area contributed by atoms with Crippen molar-refractivity contribution in [2.45, 2.75) is 18.9 Å². The summed E-state index contributed by atoms with van der Waals surface area (Å²) in [5.41, 5.74) is 8.64. The molecular weight excluding hydrogens is 258 g/mol. The second kappa shape index (κ2) is 6.59. The Morgan fingerprint density at radius 1 is 1.16 bits per heavy atom. The third-order valence-electron chi connectivity index (χ3n) is 3.13. The first-order valence-corrected chi connectivity index (χ1v) is 7.17. The van der Waals surface area contributed by atoms with E-state index in [1.54, 1.807) is 25.6 Å². The van der Waals surface area contributed by atoms with Gasteiger partial charge in [0, 0.05) is 12.1 Å². The molecule has 1 heterocycles. The zero-order chi connectivity index (χ0) is 13.7. The Hall–Kier alpha value is -1.52. The molecule has 4 heteroatoms. The van der Waals surface area contributed by atoms with Gasteiger partial charge in [0.05, 0.1) is 14.2 Å². The van der Waals surface area contributed by atoms with Crippen LogP contribution < -0.4 is 15.2 Å². The lowest BCUT2D eigenvalue weighted by Gasteiger charge is -2.14. The molecule has 2 aromatic rings. The van der Waals surface area contributed by atoms with E-state index in [-0.39, 0.29) is 6.04 Å². The molecule has 0 fully saturated rings. The third-order valence-corrected chi connectivity index (χ3v) is 3.86. The number of hydrogen-bond donors (Lipinski definition) is 1. The minimum absolute atomic E-state index is 0.0103. The van der Waals surface area contributed by atoms with E-state index in [1.165, 1.54) is 5.56 Å². The normalized spacial score (nSPS) is 12.2. The van der Waals surface area contributed by atoms with Gasteiger partial charge in [0.15, 0.2) is 0 Å². The lowest BCUT2D eigenvalue weighted by molar-refractivity contribution is 0.392. The van der Waals surface area contributed by atoms with E-state index >= 15 is 0 Å². The van der Waals surface area contributed by atoms with Gasteiger partial charge in [-0.2, -0.15) is 11.3 Å². The predicted octanol–water partition coefficient (Wildman–Crippen LogP) is 3.40. The molecule has 1 aromatic carbocycles. The Morgan fingerprint density at radius 2 is 1.84 bits per heavy atom. The van der Waals surface area contributed by atoms with Crippen molar-refractivity contribution in [1.82, 2.24) is 0 Å². The molecule has 0 saturated heterocycles. The highest BCUT2D eigenvalue weighted by Crippen LogP contribution is 2.27. The Labute approximate surface area is 118 Å². The van der Waals surface area contributed by atoms with E-state index in [0.717, 1.165) is 29.9 Å². The van der Waals surface area contributed by atoms with E-state index in [9.17, 15) is 0 Å². The van der Waals surface area contributed by atoms with Crippen LogP contribution in [0.15, 0.2) is 35.0 Å². The van der Waals surface area contributed by atoms with Crippen LogP contribution in [0.2, 0.25) is 0 Å². The molecule has 0 saturated carbocycles. The van der Waals surface area contributed by atoms with E-state index in [4.69, 9.17) is 15.2 Å². The van der Waals surface area contributed by atoms with Gasteiger partial charge in [0.1, 0.15) is 11.5 Å². The predicted molar refractivity (Wildman–Crippen MR) is 79.1 cm³/mol. The molecule has 0 aliphatic heterocycles. The van der Waals surface area contributed by atoms with E-state index in [0.29, 0.717) is 0 Å². The highest BCUT2D eigenvalue weighted by atomic mass is 32.1. The number of nitrogens with two attached hydrogens (primary N) is 1. The number of rotatable bonds is 6. The van der Waals surface area contributed by atoms with Gasteiger partial charge in [-0.1, -0.05) is 0 Å². The first-order valence-electron chi connectivity index (χ1n) is 6.22. The molecule has 2 N–H and O–H groups in total. The molecule has 0 amide bonds. The van der Waals surface area contributed by atoms with Crippen LogP contribution in [-0.4, -0.2) is 14.2 Å². The van der Waals surface area contributed by atoms with Crippen molar-refractivity contribution in [2.24, 2.45) is 5.73 Å². The van der Waals surface area contributed by atoms with Gasteiger partial charge in [-0.05, 0) is 52.9 Å². The third kappa shape index (κ3) is 3.72. The summed E-state index contributed by atoms with van der Waals surface area (Å²) in [5.74, 6) is 1.56. The highest BCUT2D eigenvalue weighted by Gasteiger charge is 2.10. The van der Waals surface area contributed by atoms with Crippen LogP contribution in [0.25, 0.3) is 0 Å². The molecule has 2 rings (SSSR count). The van der Waals surface area contributed by atoms with Crippen molar-refractivity contribution in [3.63, 3.8) is 0 Å². The van der Waals surface area contributed by atoms with E-state index in [2.05, 4.69) is 16.8 Å². The van der Waals surface area contributed by atoms with Crippen molar-refractivity contribution in [2.75, 3.05) is 14.2 Å². The van der Waals surface area contributed by atoms with Crippen molar-refractivity contribution < 1.29 is 9.47 Å². The zero-order valence-electron chi connectivity index (χ0n) is 11.3. The maximum atomic E-state index is 6.25. The molecule has 3 nitrogen and oxygen atoms in total. The van der Waals surface area contributed by atoms with Crippen LogP contribution in [0, 0.1) is 0 Å². The van der Waals surface area contributed by atoms with Gasteiger partial charge >= 0.3 is 0 Å². The topological polar surface area (TPSA) is 44.5 Å². The maximum Gasteiger partial charge on any atom is 0.122 e. The lowest BCUT2D eigenvalue weighted by atomic mass is 10.0.